The number of anilines is 2. The third-order valence-electron chi connectivity index (χ3n) is 4.57. The first-order valence-corrected chi connectivity index (χ1v) is 7.94. The Morgan fingerprint density at radius 2 is 2.05 bits per heavy atom. The fourth-order valence-corrected chi connectivity index (χ4v) is 3.44. The average Bonchev–Trinajstić information content (AvgIpc) is 3.20. The lowest BCUT2D eigenvalue weighted by Gasteiger charge is -2.24. The highest BCUT2D eigenvalue weighted by atomic mass is 16.3. The van der Waals surface area contributed by atoms with Gasteiger partial charge in [0.15, 0.2) is 0 Å². The first-order chi connectivity index (χ1) is 10.4. The van der Waals surface area contributed by atoms with Crippen molar-refractivity contribution in [2.75, 3.05) is 23.3 Å². The van der Waals surface area contributed by atoms with Gasteiger partial charge in [0.1, 0.15) is 11.6 Å². The maximum atomic E-state index is 5.55. The van der Waals surface area contributed by atoms with Crippen LogP contribution < -0.4 is 10.2 Å². The fraction of sp³-hybridized carbons (Fsp3) is 0.471. The van der Waals surface area contributed by atoms with E-state index >= 15 is 0 Å². The van der Waals surface area contributed by atoms with Crippen molar-refractivity contribution in [3.63, 3.8) is 0 Å². The minimum absolute atomic E-state index is 0.354. The highest BCUT2D eigenvalue weighted by molar-refractivity contribution is 5.50. The molecule has 4 rings (SSSR count). The molecule has 0 amide bonds. The predicted octanol–water partition coefficient (Wildman–Crippen LogP) is 3.76. The van der Waals surface area contributed by atoms with E-state index in [2.05, 4.69) is 33.4 Å². The van der Waals surface area contributed by atoms with E-state index in [9.17, 15) is 0 Å². The number of hydrogen-bond acceptors (Lipinski definition) is 4. The molecule has 0 saturated carbocycles. The molecule has 1 fully saturated rings. The monoisotopic (exact) mass is 283 g/mol. The van der Waals surface area contributed by atoms with Crippen LogP contribution in [0.2, 0.25) is 0 Å². The predicted molar refractivity (Wildman–Crippen MR) is 83.7 cm³/mol. The number of aromatic nitrogens is 1. The zero-order valence-electron chi connectivity index (χ0n) is 12.2. The third-order valence-corrected chi connectivity index (χ3v) is 4.57. The normalized spacial score (nSPS) is 21.3. The van der Waals surface area contributed by atoms with E-state index in [0.29, 0.717) is 6.04 Å². The third kappa shape index (κ3) is 2.50. The minimum Gasteiger partial charge on any atom is -0.469 e. The molecule has 1 N–H and O–H groups in total. The molecular weight excluding hydrogens is 262 g/mol. The quantitative estimate of drug-likeness (QED) is 0.931. The van der Waals surface area contributed by atoms with E-state index in [1.165, 1.54) is 24.8 Å². The lowest BCUT2D eigenvalue weighted by atomic mass is 9.93. The summed E-state index contributed by atoms with van der Waals surface area (Å²) in [6, 6.07) is 6.73. The van der Waals surface area contributed by atoms with Gasteiger partial charge in [0.25, 0.3) is 0 Å². The molecule has 1 aliphatic heterocycles. The van der Waals surface area contributed by atoms with Crippen molar-refractivity contribution in [3.05, 3.63) is 42.0 Å². The van der Waals surface area contributed by atoms with Crippen molar-refractivity contribution >= 4 is 11.5 Å². The summed E-state index contributed by atoms with van der Waals surface area (Å²) in [4.78, 5) is 6.97. The molecule has 1 atom stereocenters. The molecule has 1 aliphatic carbocycles. The van der Waals surface area contributed by atoms with Gasteiger partial charge in [-0.2, -0.15) is 0 Å². The van der Waals surface area contributed by atoms with Crippen molar-refractivity contribution in [1.29, 1.82) is 0 Å². The van der Waals surface area contributed by atoms with Gasteiger partial charge < -0.3 is 14.6 Å². The average molecular weight is 283 g/mol. The number of rotatable bonds is 3. The zero-order chi connectivity index (χ0) is 14.1. The Kier molecular flexibility index (Phi) is 3.30. The van der Waals surface area contributed by atoms with E-state index in [-0.39, 0.29) is 0 Å². The summed E-state index contributed by atoms with van der Waals surface area (Å²) in [6.07, 6.45) is 9.73. The zero-order valence-corrected chi connectivity index (χ0v) is 12.2. The smallest absolute Gasteiger partial charge is 0.128 e. The molecule has 2 aliphatic rings. The maximum Gasteiger partial charge on any atom is 0.128 e. The Morgan fingerprint density at radius 1 is 1.14 bits per heavy atom. The Balaban J connectivity index is 1.48. The van der Waals surface area contributed by atoms with E-state index in [4.69, 9.17) is 4.42 Å². The molecule has 2 aromatic heterocycles. The number of aryl methyl sites for hydroxylation is 1. The number of nitrogens with one attached hydrogen (secondary N) is 1. The lowest BCUT2D eigenvalue weighted by molar-refractivity contribution is 0.461. The van der Waals surface area contributed by atoms with Crippen LogP contribution in [0.15, 0.2) is 35.1 Å². The van der Waals surface area contributed by atoms with Crippen LogP contribution in [0.4, 0.5) is 11.5 Å². The second-order valence-electron chi connectivity index (χ2n) is 5.99. The fourth-order valence-electron chi connectivity index (χ4n) is 3.44. The summed E-state index contributed by atoms with van der Waals surface area (Å²) in [7, 11) is 0. The molecular formula is C17H21N3O. The van der Waals surface area contributed by atoms with Crippen molar-refractivity contribution in [2.45, 2.75) is 38.1 Å². The molecule has 110 valence electrons. The van der Waals surface area contributed by atoms with Crippen LogP contribution in [-0.2, 0) is 6.42 Å². The summed E-state index contributed by atoms with van der Waals surface area (Å²) < 4.78 is 5.55. The standard InChI is InChI=1S/C17H21N3O/c1-2-10-20(9-1)17-7-6-13(12-18-17)19-15-4-3-5-16-14(15)8-11-21-16/h6-8,11-12,15,19H,1-5,9-10H2. The molecule has 4 nitrogen and oxygen atoms in total. The van der Waals surface area contributed by atoms with Crippen LogP contribution in [0, 0.1) is 0 Å². The molecule has 0 radical (unpaired) electrons. The molecule has 2 aromatic rings. The van der Waals surface area contributed by atoms with Crippen LogP contribution in [-0.4, -0.2) is 18.1 Å². The summed E-state index contributed by atoms with van der Waals surface area (Å²) in [5, 5.41) is 3.60. The number of pyridine rings is 1. The van der Waals surface area contributed by atoms with Crippen molar-refractivity contribution in [2.24, 2.45) is 0 Å². The van der Waals surface area contributed by atoms with Gasteiger partial charge in [-0.25, -0.2) is 4.98 Å². The van der Waals surface area contributed by atoms with Gasteiger partial charge in [0.2, 0.25) is 0 Å². The van der Waals surface area contributed by atoms with Crippen LogP contribution in [0.25, 0.3) is 0 Å². The largest absolute Gasteiger partial charge is 0.469 e. The molecule has 1 unspecified atom stereocenters. The van der Waals surface area contributed by atoms with Gasteiger partial charge in [0, 0.05) is 25.1 Å². The molecule has 21 heavy (non-hydrogen) atoms. The Bertz CT molecular complexity index is 599. The van der Waals surface area contributed by atoms with Crippen LogP contribution in [0.1, 0.15) is 43.0 Å². The second kappa shape index (κ2) is 5.43. The molecule has 3 heterocycles. The Labute approximate surface area is 125 Å². The van der Waals surface area contributed by atoms with Gasteiger partial charge in [-0.3, -0.25) is 0 Å². The number of nitrogens with zero attached hydrogens (tertiary/aromatic N) is 2. The highest BCUT2D eigenvalue weighted by Gasteiger charge is 2.22. The topological polar surface area (TPSA) is 41.3 Å². The van der Waals surface area contributed by atoms with E-state index < -0.39 is 0 Å². The molecule has 4 heteroatoms. The van der Waals surface area contributed by atoms with Crippen molar-refractivity contribution < 1.29 is 4.42 Å². The lowest BCUT2D eigenvalue weighted by Crippen LogP contribution is -2.19. The molecule has 0 aromatic carbocycles. The van der Waals surface area contributed by atoms with E-state index in [1.54, 1.807) is 6.26 Å². The second-order valence-corrected chi connectivity index (χ2v) is 5.99. The Hall–Kier alpha value is -1.97. The minimum atomic E-state index is 0.354. The van der Waals surface area contributed by atoms with Gasteiger partial charge in [-0.1, -0.05) is 0 Å². The summed E-state index contributed by atoms with van der Waals surface area (Å²) in [6.45, 7) is 2.28. The van der Waals surface area contributed by atoms with E-state index in [1.807, 2.05) is 6.20 Å². The van der Waals surface area contributed by atoms with Crippen LogP contribution >= 0.6 is 0 Å². The molecule has 0 spiro atoms. The van der Waals surface area contributed by atoms with Gasteiger partial charge >= 0.3 is 0 Å². The highest BCUT2D eigenvalue weighted by Crippen LogP contribution is 2.33. The van der Waals surface area contributed by atoms with Gasteiger partial charge in [0.05, 0.1) is 24.2 Å². The van der Waals surface area contributed by atoms with Gasteiger partial charge in [-0.15, -0.1) is 0 Å². The van der Waals surface area contributed by atoms with Crippen molar-refractivity contribution in [1.82, 2.24) is 4.98 Å². The van der Waals surface area contributed by atoms with Crippen LogP contribution in [0.5, 0.6) is 0 Å². The summed E-state index contributed by atoms with van der Waals surface area (Å²) in [5.41, 5.74) is 2.40. The number of furan rings is 1. The number of fused-ring (bicyclic) bond motifs is 1. The first-order valence-electron chi connectivity index (χ1n) is 7.94. The summed E-state index contributed by atoms with van der Waals surface area (Å²) in [5.74, 6) is 2.24. The SMILES string of the molecule is c1cc2c(o1)CCCC2Nc1ccc(N2CCCC2)nc1. The summed E-state index contributed by atoms with van der Waals surface area (Å²) >= 11 is 0. The number of hydrogen-bond donors (Lipinski definition) is 1. The molecule has 1 saturated heterocycles. The van der Waals surface area contributed by atoms with Crippen LogP contribution in [0.3, 0.4) is 0 Å². The van der Waals surface area contributed by atoms with Crippen molar-refractivity contribution in [3.8, 4) is 0 Å². The molecule has 0 bridgehead atoms. The maximum absolute atomic E-state index is 5.55. The van der Waals surface area contributed by atoms with Gasteiger partial charge in [-0.05, 0) is 43.9 Å². The first kappa shape index (κ1) is 12.7. The van der Waals surface area contributed by atoms with E-state index in [0.717, 1.165) is 43.2 Å². The Morgan fingerprint density at radius 3 is 2.86 bits per heavy atom.